The zero-order valence-corrected chi connectivity index (χ0v) is 15.8. The van der Waals surface area contributed by atoms with Crippen molar-refractivity contribution in [3.05, 3.63) is 52.3 Å². The van der Waals surface area contributed by atoms with Gasteiger partial charge in [-0.3, -0.25) is 9.48 Å². The number of benzene rings is 1. The van der Waals surface area contributed by atoms with Crippen molar-refractivity contribution in [3.63, 3.8) is 0 Å². The third-order valence-electron chi connectivity index (χ3n) is 3.52. The van der Waals surface area contributed by atoms with E-state index in [1.807, 2.05) is 6.20 Å². The predicted octanol–water partition coefficient (Wildman–Crippen LogP) is 3.88. The van der Waals surface area contributed by atoms with Crippen LogP contribution < -0.4 is 5.32 Å². The quantitative estimate of drug-likeness (QED) is 0.440. The Kier molecular flexibility index (Phi) is 7.78. The van der Waals surface area contributed by atoms with Gasteiger partial charge in [0.1, 0.15) is 6.61 Å². The van der Waals surface area contributed by atoms with Crippen LogP contribution in [0.2, 0.25) is 0 Å². The Hall–Kier alpha value is -1.94. The normalized spacial score (nSPS) is 11.8. The van der Waals surface area contributed by atoms with Gasteiger partial charge in [-0.1, -0.05) is 12.1 Å². The van der Waals surface area contributed by atoms with Crippen LogP contribution in [0.4, 0.5) is 17.6 Å². The number of hydrogen-bond acceptors (Lipinski definition) is 3. The minimum Gasteiger partial charge on any atom is -0.370 e. The number of rotatable bonds is 10. The van der Waals surface area contributed by atoms with Crippen molar-refractivity contribution >= 4 is 21.8 Å². The van der Waals surface area contributed by atoms with Crippen LogP contribution in [0.5, 0.6) is 0 Å². The van der Waals surface area contributed by atoms with Gasteiger partial charge in [-0.2, -0.15) is 13.9 Å². The first kappa shape index (κ1) is 21.4. The molecule has 1 amide bonds. The summed E-state index contributed by atoms with van der Waals surface area (Å²) in [4.78, 5) is 12.1. The maximum atomic E-state index is 12.8. The highest BCUT2D eigenvalue weighted by atomic mass is 79.9. The van der Waals surface area contributed by atoms with E-state index in [-0.39, 0.29) is 12.5 Å². The highest BCUT2D eigenvalue weighted by Gasteiger charge is 2.40. The molecule has 0 spiro atoms. The molecule has 0 bridgehead atoms. The molecular weight excluding hydrogens is 434 g/mol. The number of carbonyl (C=O) groups excluding carboxylic acids is 1. The topological polar surface area (TPSA) is 56.2 Å². The molecule has 0 fully saturated rings. The zero-order chi connectivity index (χ0) is 19.9. The number of aryl methyl sites for hydroxylation is 1. The van der Waals surface area contributed by atoms with Crippen LogP contribution in [0.3, 0.4) is 0 Å². The fourth-order valence-corrected chi connectivity index (χ4v) is 2.50. The first-order valence-corrected chi connectivity index (χ1v) is 8.86. The number of carbonyl (C=O) groups is 1. The van der Waals surface area contributed by atoms with E-state index in [1.165, 1.54) is 6.07 Å². The molecule has 1 aromatic heterocycles. The maximum absolute atomic E-state index is 12.8. The van der Waals surface area contributed by atoms with Crippen LogP contribution in [-0.4, -0.2) is 41.2 Å². The summed E-state index contributed by atoms with van der Waals surface area (Å²) >= 11 is 3.30. The van der Waals surface area contributed by atoms with Crippen molar-refractivity contribution in [1.29, 1.82) is 0 Å². The van der Waals surface area contributed by atoms with Crippen molar-refractivity contribution in [2.24, 2.45) is 0 Å². The van der Waals surface area contributed by atoms with Gasteiger partial charge in [0.2, 0.25) is 0 Å². The molecule has 27 heavy (non-hydrogen) atoms. The Labute approximate surface area is 161 Å². The lowest BCUT2D eigenvalue weighted by Crippen LogP contribution is -2.32. The lowest BCUT2D eigenvalue weighted by atomic mass is 10.1. The Balaban J connectivity index is 1.77. The van der Waals surface area contributed by atoms with E-state index >= 15 is 0 Å². The van der Waals surface area contributed by atoms with Gasteiger partial charge in [-0.15, -0.1) is 0 Å². The third-order valence-corrected chi connectivity index (χ3v) is 3.93. The molecule has 5 nitrogen and oxygen atoms in total. The van der Waals surface area contributed by atoms with E-state index in [4.69, 9.17) is 0 Å². The van der Waals surface area contributed by atoms with E-state index in [9.17, 15) is 22.4 Å². The highest BCUT2D eigenvalue weighted by molar-refractivity contribution is 9.10. The number of aromatic nitrogens is 2. The number of hydrogen-bond donors (Lipinski definition) is 1. The summed E-state index contributed by atoms with van der Waals surface area (Å²) in [6.07, 6.45) is 0.384. The Morgan fingerprint density at radius 3 is 2.81 bits per heavy atom. The summed E-state index contributed by atoms with van der Waals surface area (Å²) in [5.41, 5.74) is 0.771. The van der Waals surface area contributed by atoms with Gasteiger partial charge in [-0.05, 0) is 40.0 Å². The Morgan fingerprint density at radius 2 is 2.15 bits per heavy atom. The van der Waals surface area contributed by atoms with Gasteiger partial charge in [0, 0.05) is 24.8 Å². The monoisotopic (exact) mass is 451 g/mol. The molecule has 1 aromatic carbocycles. The molecule has 10 heteroatoms. The maximum Gasteiger partial charge on any atom is 0.330 e. The Bertz CT molecular complexity index is 755. The number of nitrogens with one attached hydrogen (secondary N) is 1. The van der Waals surface area contributed by atoms with Gasteiger partial charge in [0.25, 0.3) is 5.91 Å². The van der Waals surface area contributed by atoms with Crippen molar-refractivity contribution in [2.75, 3.05) is 13.2 Å². The van der Waals surface area contributed by atoms with Crippen LogP contribution in [0.15, 0.2) is 41.1 Å². The van der Waals surface area contributed by atoms with Gasteiger partial charge < -0.3 is 10.1 Å². The van der Waals surface area contributed by atoms with Crippen LogP contribution >= 0.6 is 15.9 Å². The molecule has 0 saturated carbocycles. The summed E-state index contributed by atoms with van der Waals surface area (Å²) in [6, 6.07) is 6.17. The fourth-order valence-electron chi connectivity index (χ4n) is 2.18. The summed E-state index contributed by atoms with van der Waals surface area (Å²) in [7, 11) is 0. The third kappa shape index (κ3) is 6.94. The van der Waals surface area contributed by atoms with Crippen LogP contribution in [0.25, 0.3) is 0 Å². The molecule has 0 radical (unpaired) electrons. The van der Waals surface area contributed by atoms with Gasteiger partial charge in [-0.25, -0.2) is 8.78 Å². The van der Waals surface area contributed by atoms with Crippen LogP contribution in [-0.2, 0) is 17.9 Å². The molecule has 1 N–H and O–H groups in total. The molecule has 148 valence electrons. The van der Waals surface area contributed by atoms with Gasteiger partial charge in [0.15, 0.2) is 0 Å². The molecule has 2 aromatic rings. The van der Waals surface area contributed by atoms with E-state index in [2.05, 4.69) is 31.1 Å². The lowest BCUT2D eigenvalue weighted by molar-refractivity contribution is -0.168. The van der Waals surface area contributed by atoms with Crippen LogP contribution in [0.1, 0.15) is 22.3 Å². The second-order valence-corrected chi connectivity index (χ2v) is 6.70. The number of amides is 1. The minimum absolute atomic E-state index is 0.294. The highest BCUT2D eigenvalue weighted by Crippen LogP contribution is 2.23. The van der Waals surface area contributed by atoms with Crippen molar-refractivity contribution in [3.8, 4) is 0 Å². The largest absolute Gasteiger partial charge is 0.370 e. The SMILES string of the molecule is O=C(NCCCn1cc(Br)cn1)c1cccc(COCC(F)(F)C(F)F)c1. The summed E-state index contributed by atoms with van der Waals surface area (Å²) in [6.45, 7) is -0.613. The molecule has 2 rings (SSSR count). The molecule has 0 aliphatic heterocycles. The smallest absolute Gasteiger partial charge is 0.330 e. The second-order valence-electron chi connectivity index (χ2n) is 5.79. The molecule has 1 heterocycles. The molecule has 0 saturated heterocycles. The lowest BCUT2D eigenvalue weighted by Gasteiger charge is -2.15. The van der Waals surface area contributed by atoms with Crippen molar-refractivity contribution < 1.29 is 27.1 Å². The number of ether oxygens (including phenoxy) is 1. The van der Waals surface area contributed by atoms with E-state index < -0.39 is 19.0 Å². The standard InChI is InChI=1S/C17H18BrF4N3O2/c18-14-8-24-25(9-14)6-2-5-23-15(26)13-4-1-3-12(7-13)10-27-11-17(21,22)16(19)20/h1,3-4,7-9,16H,2,5-6,10-11H2,(H,23,26). The van der Waals surface area contributed by atoms with Crippen LogP contribution in [0, 0.1) is 0 Å². The second kappa shape index (κ2) is 9.84. The first-order chi connectivity index (χ1) is 12.8. The summed E-state index contributed by atoms with van der Waals surface area (Å²) in [5, 5.41) is 6.85. The van der Waals surface area contributed by atoms with Gasteiger partial charge in [0.05, 0.1) is 17.3 Å². The summed E-state index contributed by atoms with van der Waals surface area (Å²) in [5.74, 6) is -4.52. The summed E-state index contributed by atoms with van der Waals surface area (Å²) < 4.78 is 57.0. The van der Waals surface area contributed by atoms with Gasteiger partial charge >= 0.3 is 12.3 Å². The first-order valence-electron chi connectivity index (χ1n) is 8.07. The van der Waals surface area contributed by atoms with E-state index in [1.54, 1.807) is 29.1 Å². The molecule has 0 atom stereocenters. The number of alkyl halides is 4. The predicted molar refractivity (Wildman–Crippen MR) is 93.9 cm³/mol. The molecule has 0 aliphatic carbocycles. The average molecular weight is 452 g/mol. The average Bonchev–Trinajstić information content (AvgIpc) is 3.04. The molecule has 0 aliphatic rings. The fraction of sp³-hybridized carbons (Fsp3) is 0.412. The number of halogens is 5. The zero-order valence-electron chi connectivity index (χ0n) is 14.2. The van der Waals surface area contributed by atoms with Crippen molar-refractivity contribution in [1.82, 2.24) is 15.1 Å². The minimum atomic E-state index is -4.20. The van der Waals surface area contributed by atoms with E-state index in [0.717, 1.165) is 4.47 Å². The van der Waals surface area contributed by atoms with Crippen molar-refractivity contribution in [2.45, 2.75) is 31.9 Å². The Morgan fingerprint density at radius 1 is 1.37 bits per heavy atom. The van der Waals surface area contributed by atoms with E-state index in [0.29, 0.717) is 30.6 Å². The number of nitrogens with zero attached hydrogens (tertiary/aromatic N) is 2. The molecular formula is C17H18BrF4N3O2. The molecule has 0 unspecified atom stereocenters.